The van der Waals surface area contributed by atoms with E-state index in [0.29, 0.717) is 26.4 Å². The van der Waals surface area contributed by atoms with E-state index in [0.717, 1.165) is 25.8 Å². The topological polar surface area (TPSA) is 60.9 Å². The van der Waals surface area contributed by atoms with Crippen LogP contribution in [0.15, 0.2) is 24.5 Å². The van der Waals surface area contributed by atoms with Crippen LogP contribution >= 0.6 is 0 Å². The molecule has 2 aliphatic heterocycles. The molecule has 0 bridgehead atoms. The molecule has 2 aliphatic rings. The summed E-state index contributed by atoms with van der Waals surface area (Å²) in [5, 5.41) is 0. The van der Waals surface area contributed by atoms with Crippen LogP contribution in [0, 0.1) is 5.92 Å². The highest BCUT2D eigenvalue weighted by Gasteiger charge is 2.40. The fraction of sp³-hybridized carbons (Fsp3) is 0.667. The smallest absolute Gasteiger partial charge is 0.228 e. The molecule has 24 heavy (non-hydrogen) atoms. The van der Waals surface area contributed by atoms with Crippen LogP contribution in [0.4, 0.5) is 0 Å². The third-order valence-electron chi connectivity index (χ3n) is 4.86. The summed E-state index contributed by atoms with van der Waals surface area (Å²) in [4.78, 5) is 19.0. The van der Waals surface area contributed by atoms with Crippen LogP contribution < -0.4 is 0 Å². The standard InChI is InChI=1S/C18H26N2O4/c1-22-10-11-24-17-4-8-20(18(21)15-5-9-23-13-15)16(17)12-14-2-6-19-7-3-14/h2-3,6-7,15-17H,4-5,8-13H2,1H3/t15-,16+,17-/m1/s1. The Hall–Kier alpha value is -1.50. The minimum Gasteiger partial charge on any atom is -0.382 e. The predicted molar refractivity (Wildman–Crippen MR) is 88.6 cm³/mol. The fourth-order valence-electron chi connectivity index (χ4n) is 3.54. The maximum absolute atomic E-state index is 12.9. The molecule has 0 unspecified atom stereocenters. The highest BCUT2D eigenvalue weighted by molar-refractivity contribution is 5.80. The van der Waals surface area contributed by atoms with Crippen molar-refractivity contribution in [3.63, 3.8) is 0 Å². The van der Waals surface area contributed by atoms with E-state index in [4.69, 9.17) is 14.2 Å². The first-order valence-electron chi connectivity index (χ1n) is 8.67. The second-order valence-corrected chi connectivity index (χ2v) is 6.41. The first-order valence-corrected chi connectivity index (χ1v) is 8.67. The first-order chi connectivity index (χ1) is 11.8. The van der Waals surface area contributed by atoms with Gasteiger partial charge >= 0.3 is 0 Å². The Labute approximate surface area is 143 Å². The van der Waals surface area contributed by atoms with Crippen molar-refractivity contribution in [2.75, 3.05) is 40.1 Å². The van der Waals surface area contributed by atoms with Crippen molar-refractivity contribution < 1.29 is 19.0 Å². The summed E-state index contributed by atoms with van der Waals surface area (Å²) < 4.78 is 16.5. The Morgan fingerprint density at radius 3 is 2.88 bits per heavy atom. The molecule has 0 N–H and O–H groups in total. The number of nitrogens with zero attached hydrogens (tertiary/aromatic N) is 2. The van der Waals surface area contributed by atoms with Gasteiger partial charge in [0, 0.05) is 32.7 Å². The first kappa shape index (κ1) is 17.3. The largest absolute Gasteiger partial charge is 0.382 e. The van der Waals surface area contributed by atoms with Crippen LogP contribution in [-0.4, -0.2) is 68.0 Å². The lowest BCUT2D eigenvalue weighted by Gasteiger charge is -2.30. The SMILES string of the molecule is COCCO[C@@H]1CCN(C(=O)[C@@H]2CCOC2)[C@H]1Cc1ccncc1. The monoisotopic (exact) mass is 334 g/mol. The molecule has 6 nitrogen and oxygen atoms in total. The second-order valence-electron chi connectivity index (χ2n) is 6.41. The van der Waals surface area contributed by atoms with E-state index in [1.54, 1.807) is 19.5 Å². The summed E-state index contributed by atoms with van der Waals surface area (Å²) in [5.74, 6) is 0.215. The molecular weight excluding hydrogens is 308 g/mol. The zero-order valence-corrected chi connectivity index (χ0v) is 14.2. The maximum atomic E-state index is 12.9. The van der Waals surface area contributed by atoms with E-state index in [-0.39, 0.29) is 24.0 Å². The van der Waals surface area contributed by atoms with Crippen molar-refractivity contribution >= 4 is 5.91 Å². The number of pyridine rings is 1. The number of aromatic nitrogens is 1. The molecule has 0 aliphatic carbocycles. The molecule has 2 saturated heterocycles. The van der Waals surface area contributed by atoms with Gasteiger partial charge < -0.3 is 19.1 Å². The minimum atomic E-state index is 0.00247. The number of methoxy groups -OCH3 is 1. The van der Waals surface area contributed by atoms with Crippen LogP contribution in [0.3, 0.4) is 0 Å². The number of carbonyl (C=O) groups is 1. The summed E-state index contributed by atoms with van der Waals surface area (Å²) in [6, 6.07) is 4.08. The third kappa shape index (κ3) is 4.12. The molecule has 1 aromatic rings. The van der Waals surface area contributed by atoms with Gasteiger partial charge in [0.1, 0.15) is 0 Å². The molecule has 1 amide bonds. The quantitative estimate of drug-likeness (QED) is 0.703. The van der Waals surface area contributed by atoms with Crippen LogP contribution in [0.5, 0.6) is 0 Å². The van der Waals surface area contributed by atoms with Crippen molar-refractivity contribution in [3.8, 4) is 0 Å². The zero-order valence-electron chi connectivity index (χ0n) is 14.2. The summed E-state index contributed by atoms with van der Waals surface area (Å²) >= 11 is 0. The normalized spacial score (nSPS) is 26.9. The summed E-state index contributed by atoms with van der Waals surface area (Å²) in [7, 11) is 1.67. The molecule has 3 rings (SSSR count). The number of hydrogen-bond acceptors (Lipinski definition) is 5. The molecule has 6 heteroatoms. The summed E-state index contributed by atoms with van der Waals surface area (Å²) in [6.07, 6.45) is 6.13. The highest BCUT2D eigenvalue weighted by Crippen LogP contribution is 2.28. The van der Waals surface area contributed by atoms with Gasteiger partial charge in [0.15, 0.2) is 0 Å². The van der Waals surface area contributed by atoms with E-state index in [2.05, 4.69) is 4.98 Å². The van der Waals surface area contributed by atoms with Gasteiger partial charge in [-0.25, -0.2) is 0 Å². The van der Waals surface area contributed by atoms with Gasteiger partial charge in [0.25, 0.3) is 0 Å². The van der Waals surface area contributed by atoms with Crippen molar-refractivity contribution in [3.05, 3.63) is 30.1 Å². The number of carbonyl (C=O) groups excluding carboxylic acids is 1. The Morgan fingerprint density at radius 1 is 1.33 bits per heavy atom. The van der Waals surface area contributed by atoms with E-state index in [1.165, 1.54) is 5.56 Å². The van der Waals surface area contributed by atoms with Crippen LogP contribution in [-0.2, 0) is 25.4 Å². The molecule has 0 spiro atoms. The summed E-state index contributed by atoms with van der Waals surface area (Å²) in [6.45, 7) is 3.12. The number of ether oxygens (including phenoxy) is 3. The molecule has 1 aromatic heterocycles. The Kier molecular flexibility index (Phi) is 6.18. The number of rotatable bonds is 7. The molecule has 0 radical (unpaired) electrons. The van der Waals surface area contributed by atoms with Gasteiger partial charge in [-0.2, -0.15) is 0 Å². The van der Waals surface area contributed by atoms with Crippen LogP contribution in [0.25, 0.3) is 0 Å². The van der Waals surface area contributed by atoms with Crippen molar-refractivity contribution in [2.45, 2.75) is 31.4 Å². The molecule has 3 atom stereocenters. The van der Waals surface area contributed by atoms with E-state index in [1.807, 2.05) is 17.0 Å². The maximum Gasteiger partial charge on any atom is 0.228 e. The lowest BCUT2D eigenvalue weighted by Crippen LogP contribution is -2.45. The van der Waals surface area contributed by atoms with Gasteiger partial charge in [-0.3, -0.25) is 9.78 Å². The Bertz CT molecular complexity index is 519. The number of likely N-dealkylation sites (tertiary alicyclic amines) is 1. The van der Waals surface area contributed by atoms with E-state index in [9.17, 15) is 4.79 Å². The Morgan fingerprint density at radius 2 is 2.17 bits per heavy atom. The molecule has 2 fully saturated rings. The van der Waals surface area contributed by atoms with Gasteiger partial charge in [-0.05, 0) is 37.0 Å². The number of amides is 1. The second kappa shape index (κ2) is 8.55. The van der Waals surface area contributed by atoms with E-state index < -0.39 is 0 Å². The van der Waals surface area contributed by atoms with Crippen molar-refractivity contribution in [2.24, 2.45) is 5.92 Å². The minimum absolute atomic E-state index is 0.00247. The molecule has 3 heterocycles. The highest BCUT2D eigenvalue weighted by atomic mass is 16.5. The van der Waals surface area contributed by atoms with Gasteiger partial charge in [-0.1, -0.05) is 0 Å². The van der Waals surface area contributed by atoms with Gasteiger partial charge in [0.2, 0.25) is 5.91 Å². The third-order valence-corrected chi connectivity index (χ3v) is 4.86. The van der Waals surface area contributed by atoms with Gasteiger partial charge in [0.05, 0.1) is 37.9 Å². The fourth-order valence-corrected chi connectivity index (χ4v) is 3.54. The predicted octanol–water partition coefficient (Wildman–Crippen LogP) is 1.29. The van der Waals surface area contributed by atoms with Gasteiger partial charge in [-0.15, -0.1) is 0 Å². The average molecular weight is 334 g/mol. The van der Waals surface area contributed by atoms with Crippen molar-refractivity contribution in [1.29, 1.82) is 0 Å². The van der Waals surface area contributed by atoms with E-state index >= 15 is 0 Å². The van der Waals surface area contributed by atoms with Crippen LogP contribution in [0.1, 0.15) is 18.4 Å². The lowest BCUT2D eigenvalue weighted by atomic mass is 10.0. The zero-order chi connectivity index (χ0) is 16.8. The van der Waals surface area contributed by atoms with Crippen molar-refractivity contribution in [1.82, 2.24) is 9.88 Å². The molecule has 132 valence electrons. The lowest BCUT2D eigenvalue weighted by molar-refractivity contribution is -0.137. The number of hydrogen-bond donors (Lipinski definition) is 0. The Balaban J connectivity index is 1.70. The molecular formula is C18H26N2O4. The molecule has 0 aromatic carbocycles. The van der Waals surface area contributed by atoms with Crippen LogP contribution in [0.2, 0.25) is 0 Å². The average Bonchev–Trinajstić information content (AvgIpc) is 3.26. The molecule has 0 saturated carbocycles. The summed E-state index contributed by atoms with van der Waals surface area (Å²) in [5.41, 5.74) is 1.18.